The number of carbonyl (C=O) groups is 1. The molecule has 2 heterocycles. The fourth-order valence-corrected chi connectivity index (χ4v) is 3.30. The van der Waals surface area contributed by atoms with Crippen LogP contribution in [0.2, 0.25) is 0 Å². The Kier molecular flexibility index (Phi) is 3.77. The number of rotatable bonds is 5. The van der Waals surface area contributed by atoms with E-state index in [-0.39, 0.29) is 5.78 Å². The Hall–Kier alpha value is -1.04. The minimum atomic E-state index is 0.190. The molecule has 0 radical (unpaired) electrons. The average molecular weight is 280 g/mol. The summed E-state index contributed by atoms with van der Waals surface area (Å²) in [6.07, 6.45) is 6.24. The maximum atomic E-state index is 11.1. The summed E-state index contributed by atoms with van der Waals surface area (Å²) in [4.78, 5) is 13.5. The van der Waals surface area contributed by atoms with Crippen LogP contribution in [0.15, 0.2) is 5.16 Å². The van der Waals surface area contributed by atoms with Gasteiger partial charge in [0.15, 0.2) is 5.16 Å². The molecule has 6 heteroatoms. The Morgan fingerprint density at radius 3 is 2.63 bits per heavy atom. The van der Waals surface area contributed by atoms with Crippen molar-refractivity contribution < 1.29 is 4.79 Å². The molecule has 1 aliphatic carbocycles. The van der Waals surface area contributed by atoms with Gasteiger partial charge in [-0.2, -0.15) is 0 Å². The first kappa shape index (κ1) is 13.0. The molecule has 104 valence electrons. The van der Waals surface area contributed by atoms with Crippen LogP contribution in [0.25, 0.3) is 0 Å². The number of hydrogen-bond donors (Lipinski definition) is 0. The highest BCUT2D eigenvalue weighted by molar-refractivity contribution is 7.99. The lowest BCUT2D eigenvalue weighted by atomic mass is 10.1. The Morgan fingerprint density at radius 2 is 2.00 bits per heavy atom. The molecule has 0 spiro atoms. The summed E-state index contributed by atoms with van der Waals surface area (Å²) in [5.41, 5.74) is 0. The Labute approximate surface area is 117 Å². The van der Waals surface area contributed by atoms with Crippen molar-refractivity contribution >= 4 is 23.5 Å². The molecule has 0 unspecified atom stereocenters. The summed E-state index contributed by atoms with van der Waals surface area (Å²) in [6.45, 7) is 3.79. The van der Waals surface area contributed by atoms with E-state index in [4.69, 9.17) is 0 Å². The summed E-state index contributed by atoms with van der Waals surface area (Å²) in [6, 6.07) is 0.557. The smallest absolute Gasteiger partial charge is 0.228 e. The lowest BCUT2D eigenvalue weighted by Gasteiger charge is -2.27. The summed E-state index contributed by atoms with van der Waals surface area (Å²) < 4.78 is 2.26. The second-order valence-corrected chi connectivity index (χ2v) is 6.36. The first-order valence-electron chi connectivity index (χ1n) is 7.08. The van der Waals surface area contributed by atoms with E-state index >= 15 is 0 Å². The van der Waals surface area contributed by atoms with Gasteiger partial charge in [-0.15, -0.1) is 10.2 Å². The molecule has 1 saturated heterocycles. The highest BCUT2D eigenvalue weighted by atomic mass is 32.2. The molecule has 0 amide bonds. The molecule has 0 N–H and O–H groups in total. The second kappa shape index (κ2) is 5.53. The fourth-order valence-electron chi connectivity index (χ4n) is 2.50. The molecule has 1 aliphatic heterocycles. The van der Waals surface area contributed by atoms with Crippen molar-refractivity contribution in [3.63, 3.8) is 0 Å². The largest absolute Gasteiger partial charge is 0.341 e. The Morgan fingerprint density at radius 1 is 1.26 bits per heavy atom. The van der Waals surface area contributed by atoms with E-state index in [2.05, 4.69) is 19.7 Å². The van der Waals surface area contributed by atoms with Gasteiger partial charge in [-0.05, 0) is 39.0 Å². The van der Waals surface area contributed by atoms with E-state index in [1.807, 2.05) is 0 Å². The number of anilines is 1. The first-order chi connectivity index (χ1) is 9.25. The van der Waals surface area contributed by atoms with Gasteiger partial charge < -0.3 is 4.90 Å². The molecule has 0 atom stereocenters. The molecule has 3 rings (SSSR count). The number of aromatic nitrogens is 3. The average Bonchev–Trinajstić information content (AvgIpc) is 3.17. The molecular weight excluding hydrogens is 260 g/mol. The number of thioether (sulfide) groups is 1. The highest BCUT2D eigenvalue weighted by Gasteiger charge is 2.32. The van der Waals surface area contributed by atoms with E-state index in [9.17, 15) is 4.79 Å². The van der Waals surface area contributed by atoms with Crippen molar-refractivity contribution in [2.45, 2.75) is 50.2 Å². The van der Waals surface area contributed by atoms with Gasteiger partial charge in [0.05, 0.1) is 5.75 Å². The van der Waals surface area contributed by atoms with Crippen LogP contribution < -0.4 is 4.90 Å². The van der Waals surface area contributed by atoms with E-state index in [1.165, 1.54) is 43.9 Å². The van der Waals surface area contributed by atoms with Gasteiger partial charge in [0.2, 0.25) is 5.95 Å². The van der Waals surface area contributed by atoms with Gasteiger partial charge in [-0.3, -0.25) is 9.36 Å². The summed E-state index contributed by atoms with van der Waals surface area (Å²) >= 11 is 1.52. The van der Waals surface area contributed by atoms with Gasteiger partial charge in [0.25, 0.3) is 0 Å². The number of ketones is 1. The molecule has 1 saturated carbocycles. The number of Topliss-reactive ketones (excluding diaryl/α,β-unsaturated/α-hetero) is 1. The number of piperidine rings is 1. The minimum absolute atomic E-state index is 0.190. The summed E-state index contributed by atoms with van der Waals surface area (Å²) in [5, 5.41) is 9.61. The third-order valence-electron chi connectivity index (χ3n) is 3.60. The first-order valence-corrected chi connectivity index (χ1v) is 8.06. The highest BCUT2D eigenvalue weighted by Crippen LogP contribution is 2.41. The van der Waals surface area contributed by atoms with Gasteiger partial charge >= 0.3 is 0 Å². The van der Waals surface area contributed by atoms with Crippen LogP contribution in [-0.4, -0.2) is 39.4 Å². The molecule has 2 aliphatic rings. The van der Waals surface area contributed by atoms with Crippen LogP contribution in [0.3, 0.4) is 0 Å². The zero-order valence-electron chi connectivity index (χ0n) is 11.3. The lowest BCUT2D eigenvalue weighted by molar-refractivity contribution is -0.114. The van der Waals surface area contributed by atoms with Gasteiger partial charge in [0.1, 0.15) is 5.78 Å². The maximum absolute atomic E-state index is 11.1. The lowest BCUT2D eigenvalue weighted by Crippen LogP contribution is -2.31. The number of carbonyl (C=O) groups excluding carboxylic acids is 1. The molecule has 2 fully saturated rings. The SMILES string of the molecule is CC(=O)CSc1nnc(N2CCCCC2)n1C1CC1. The van der Waals surface area contributed by atoms with Gasteiger partial charge in [0, 0.05) is 19.1 Å². The Balaban J connectivity index is 1.81. The Bertz CT molecular complexity index is 463. The predicted molar refractivity (Wildman–Crippen MR) is 75.8 cm³/mol. The third-order valence-corrected chi connectivity index (χ3v) is 4.69. The fraction of sp³-hybridized carbons (Fsp3) is 0.769. The van der Waals surface area contributed by atoms with E-state index in [1.54, 1.807) is 6.92 Å². The minimum Gasteiger partial charge on any atom is -0.341 e. The van der Waals surface area contributed by atoms with Crippen molar-refractivity contribution in [1.82, 2.24) is 14.8 Å². The standard InChI is InChI=1S/C13H20N4OS/c1-10(18)9-19-13-15-14-12(17(13)11-5-6-11)16-7-3-2-4-8-16/h11H,2-9H2,1H3. The van der Waals surface area contributed by atoms with E-state index < -0.39 is 0 Å². The van der Waals surface area contributed by atoms with Gasteiger partial charge in [-0.25, -0.2) is 0 Å². The van der Waals surface area contributed by atoms with Crippen LogP contribution in [0.5, 0.6) is 0 Å². The zero-order chi connectivity index (χ0) is 13.2. The molecular formula is C13H20N4OS. The van der Waals surface area contributed by atoms with Crippen LogP contribution >= 0.6 is 11.8 Å². The third kappa shape index (κ3) is 2.94. The maximum Gasteiger partial charge on any atom is 0.228 e. The zero-order valence-corrected chi connectivity index (χ0v) is 12.2. The van der Waals surface area contributed by atoms with E-state index in [0.717, 1.165) is 24.2 Å². The van der Waals surface area contributed by atoms with Crippen LogP contribution in [0, 0.1) is 0 Å². The van der Waals surface area contributed by atoms with Crippen molar-refractivity contribution in [2.24, 2.45) is 0 Å². The molecule has 5 nitrogen and oxygen atoms in total. The molecule has 19 heavy (non-hydrogen) atoms. The van der Waals surface area contributed by atoms with Crippen LogP contribution in [-0.2, 0) is 4.79 Å². The van der Waals surface area contributed by atoms with Crippen LogP contribution in [0.1, 0.15) is 45.1 Å². The molecule has 1 aromatic rings. The molecule has 0 aromatic carbocycles. The van der Waals surface area contributed by atoms with Crippen LogP contribution in [0.4, 0.5) is 5.95 Å². The van der Waals surface area contributed by atoms with E-state index in [0.29, 0.717) is 11.8 Å². The van der Waals surface area contributed by atoms with Crippen molar-refractivity contribution in [2.75, 3.05) is 23.7 Å². The number of hydrogen-bond acceptors (Lipinski definition) is 5. The van der Waals surface area contributed by atoms with Crippen molar-refractivity contribution in [3.8, 4) is 0 Å². The quantitative estimate of drug-likeness (QED) is 0.775. The summed E-state index contributed by atoms with van der Waals surface area (Å²) in [5.74, 6) is 1.70. The monoisotopic (exact) mass is 280 g/mol. The van der Waals surface area contributed by atoms with Crippen molar-refractivity contribution in [3.05, 3.63) is 0 Å². The normalized spacial score (nSPS) is 19.7. The topological polar surface area (TPSA) is 51.0 Å². The molecule has 1 aromatic heterocycles. The predicted octanol–water partition coefficient (Wildman–Crippen LogP) is 2.28. The van der Waals surface area contributed by atoms with Crippen molar-refractivity contribution in [1.29, 1.82) is 0 Å². The second-order valence-electron chi connectivity index (χ2n) is 5.42. The summed E-state index contributed by atoms with van der Waals surface area (Å²) in [7, 11) is 0. The van der Waals surface area contributed by atoms with Gasteiger partial charge in [-0.1, -0.05) is 11.8 Å². The molecule has 0 bridgehead atoms. The number of nitrogens with zero attached hydrogens (tertiary/aromatic N) is 4.